The third kappa shape index (κ3) is 3.05. The summed E-state index contributed by atoms with van der Waals surface area (Å²) in [5.41, 5.74) is 0.519. The Kier molecular flexibility index (Phi) is 4.18. The molecule has 0 unspecified atom stereocenters. The van der Waals surface area contributed by atoms with Crippen LogP contribution in [0.3, 0.4) is 0 Å². The van der Waals surface area contributed by atoms with Crippen LogP contribution in [-0.2, 0) is 0 Å². The van der Waals surface area contributed by atoms with Gasteiger partial charge in [0.1, 0.15) is 17.6 Å². The fourth-order valence-electron chi connectivity index (χ4n) is 1.43. The van der Waals surface area contributed by atoms with E-state index in [-0.39, 0.29) is 21.4 Å². The first-order chi connectivity index (χ1) is 9.51. The molecule has 2 aromatic rings. The summed E-state index contributed by atoms with van der Waals surface area (Å²) in [4.78, 5) is 15.8. The molecule has 0 aliphatic rings. The van der Waals surface area contributed by atoms with E-state index in [2.05, 4.69) is 10.3 Å². The molecular weight excluding hydrogens is 304 g/mol. The van der Waals surface area contributed by atoms with E-state index in [0.29, 0.717) is 5.56 Å². The Morgan fingerprint density at radius 1 is 1.30 bits per heavy atom. The van der Waals surface area contributed by atoms with Crippen LogP contribution in [0.2, 0.25) is 10.0 Å². The van der Waals surface area contributed by atoms with Crippen LogP contribution >= 0.6 is 23.2 Å². The summed E-state index contributed by atoms with van der Waals surface area (Å²) in [6.45, 7) is 0. The molecule has 0 fully saturated rings. The Labute approximate surface area is 123 Å². The van der Waals surface area contributed by atoms with E-state index in [9.17, 15) is 9.18 Å². The highest BCUT2D eigenvalue weighted by atomic mass is 35.5. The zero-order valence-corrected chi connectivity index (χ0v) is 11.3. The highest BCUT2D eigenvalue weighted by Crippen LogP contribution is 2.31. The van der Waals surface area contributed by atoms with Gasteiger partial charge in [-0.15, -0.1) is 0 Å². The number of pyridine rings is 1. The number of benzene rings is 1. The van der Waals surface area contributed by atoms with Gasteiger partial charge < -0.3 is 5.32 Å². The molecule has 0 saturated heterocycles. The highest BCUT2D eigenvalue weighted by Gasteiger charge is 2.14. The lowest BCUT2D eigenvalue weighted by Crippen LogP contribution is -2.14. The molecular formula is C13H6Cl2FN3O. The summed E-state index contributed by atoms with van der Waals surface area (Å²) in [7, 11) is 0. The van der Waals surface area contributed by atoms with Crippen molar-refractivity contribution in [3.63, 3.8) is 0 Å². The van der Waals surface area contributed by atoms with Crippen LogP contribution in [0, 0.1) is 17.1 Å². The molecule has 100 valence electrons. The number of amides is 1. The van der Waals surface area contributed by atoms with Crippen LogP contribution in [-0.4, -0.2) is 10.9 Å². The monoisotopic (exact) mass is 309 g/mol. The molecule has 1 heterocycles. The number of nitrogens with zero attached hydrogens (tertiary/aromatic N) is 2. The Hall–Kier alpha value is -2.16. The number of halogens is 3. The first-order valence-electron chi connectivity index (χ1n) is 5.33. The summed E-state index contributed by atoms with van der Waals surface area (Å²) in [6.07, 6.45) is 1.27. The van der Waals surface area contributed by atoms with Gasteiger partial charge >= 0.3 is 0 Å². The van der Waals surface area contributed by atoms with Crippen molar-refractivity contribution in [3.8, 4) is 6.07 Å². The van der Waals surface area contributed by atoms with Crippen LogP contribution in [0.5, 0.6) is 0 Å². The van der Waals surface area contributed by atoms with Gasteiger partial charge in [0.15, 0.2) is 0 Å². The van der Waals surface area contributed by atoms with Crippen molar-refractivity contribution < 1.29 is 9.18 Å². The predicted molar refractivity (Wildman–Crippen MR) is 73.3 cm³/mol. The second-order valence-corrected chi connectivity index (χ2v) is 4.56. The average Bonchev–Trinajstić information content (AvgIpc) is 2.42. The minimum atomic E-state index is -0.602. The van der Waals surface area contributed by atoms with Gasteiger partial charge in [0.2, 0.25) is 0 Å². The maximum Gasteiger partial charge on any atom is 0.274 e. The van der Waals surface area contributed by atoms with Crippen LogP contribution < -0.4 is 5.32 Å². The molecule has 20 heavy (non-hydrogen) atoms. The topological polar surface area (TPSA) is 65.8 Å². The number of carbonyl (C=O) groups excluding carboxylic acids is 1. The van der Waals surface area contributed by atoms with Crippen molar-refractivity contribution in [2.45, 2.75) is 0 Å². The maximum atomic E-state index is 13.0. The second kappa shape index (κ2) is 5.87. The maximum absolute atomic E-state index is 13.0. The lowest BCUT2D eigenvalue weighted by Gasteiger charge is -2.09. The Morgan fingerprint density at radius 2 is 1.95 bits per heavy atom. The number of anilines is 1. The SMILES string of the molecule is N#Cc1ccc(C(=O)Nc2c(Cl)cc(F)cc2Cl)nc1. The van der Waals surface area contributed by atoms with Gasteiger partial charge in [-0.1, -0.05) is 23.2 Å². The summed E-state index contributed by atoms with van der Waals surface area (Å²) in [5, 5.41) is 11.1. The van der Waals surface area contributed by atoms with Gasteiger partial charge in [0.05, 0.1) is 21.3 Å². The molecule has 1 aromatic heterocycles. The van der Waals surface area contributed by atoms with Gasteiger partial charge in [-0.3, -0.25) is 4.79 Å². The number of nitrogens with one attached hydrogen (secondary N) is 1. The van der Waals surface area contributed by atoms with Gasteiger partial charge in [0, 0.05) is 6.20 Å². The number of hydrogen-bond donors (Lipinski definition) is 1. The first kappa shape index (κ1) is 14.3. The number of hydrogen-bond acceptors (Lipinski definition) is 3. The zero-order chi connectivity index (χ0) is 14.7. The first-order valence-corrected chi connectivity index (χ1v) is 6.09. The fraction of sp³-hybridized carbons (Fsp3) is 0. The smallest absolute Gasteiger partial charge is 0.274 e. The molecule has 0 aliphatic heterocycles. The molecule has 0 saturated carbocycles. The van der Waals surface area contributed by atoms with Crippen molar-refractivity contribution >= 4 is 34.8 Å². The fourth-order valence-corrected chi connectivity index (χ4v) is 1.99. The zero-order valence-electron chi connectivity index (χ0n) is 9.82. The van der Waals surface area contributed by atoms with E-state index in [1.807, 2.05) is 6.07 Å². The van der Waals surface area contributed by atoms with Crippen LogP contribution in [0.1, 0.15) is 16.1 Å². The van der Waals surface area contributed by atoms with Crippen molar-refractivity contribution in [1.29, 1.82) is 5.26 Å². The van der Waals surface area contributed by atoms with Crippen LogP contribution in [0.4, 0.5) is 10.1 Å². The van der Waals surface area contributed by atoms with E-state index in [0.717, 1.165) is 12.1 Å². The molecule has 7 heteroatoms. The lowest BCUT2D eigenvalue weighted by molar-refractivity contribution is 0.102. The van der Waals surface area contributed by atoms with E-state index < -0.39 is 11.7 Å². The highest BCUT2D eigenvalue weighted by molar-refractivity contribution is 6.40. The Balaban J connectivity index is 2.26. The quantitative estimate of drug-likeness (QED) is 0.920. The van der Waals surface area contributed by atoms with Crippen molar-refractivity contribution in [2.24, 2.45) is 0 Å². The summed E-state index contributed by atoms with van der Waals surface area (Å²) < 4.78 is 13.0. The van der Waals surface area contributed by atoms with Gasteiger partial charge in [0.25, 0.3) is 5.91 Å². The van der Waals surface area contributed by atoms with Gasteiger partial charge in [-0.05, 0) is 24.3 Å². The molecule has 1 amide bonds. The van der Waals surface area contributed by atoms with Crippen LogP contribution in [0.15, 0.2) is 30.5 Å². The van der Waals surface area contributed by atoms with Gasteiger partial charge in [-0.2, -0.15) is 5.26 Å². The van der Waals surface area contributed by atoms with Crippen molar-refractivity contribution in [3.05, 3.63) is 57.6 Å². The molecule has 4 nitrogen and oxygen atoms in total. The molecule has 0 atom stereocenters. The third-order valence-electron chi connectivity index (χ3n) is 2.37. The van der Waals surface area contributed by atoms with E-state index in [1.165, 1.54) is 18.3 Å². The molecule has 1 aromatic carbocycles. The molecule has 0 bridgehead atoms. The standard InChI is InChI=1S/C13H6Cl2FN3O/c14-9-3-8(16)4-10(15)12(9)19-13(20)11-2-1-7(5-17)6-18-11/h1-4,6H,(H,19,20). The molecule has 2 rings (SSSR count). The lowest BCUT2D eigenvalue weighted by atomic mass is 10.2. The number of rotatable bonds is 2. The van der Waals surface area contributed by atoms with E-state index in [4.69, 9.17) is 28.5 Å². The summed E-state index contributed by atoms with van der Waals surface area (Å²) >= 11 is 11.6. The number of aromatic nitrogens is 1. The third-order valence-corrected chi connectivity index (χ3v) is 2.97. The molecule has 0 spiro atoms. The van der Waals surface area contributed by atoms with Gasteiger partial charge in [-0.25, -0.2) is 9.37 Å². The second-order valence-electron chi connectivity index (χ2n) is 3.74. The van der Waals surface area contributed by atoms with Crippen molar-refractivity contribution in [2.75, 3.05) is 5.32 Å². The molecule has 1 N–H and O–H groups in total. The molecule has 0 aliphatic carbocycles. The van der Waals surface area contributed by atoms with Crippen molar-refractivity contribution in [1.82, 2.24) is 4.98 Å². The summed E-state index contributed by atoms with van der Waals surface area (Å²) in [6, 6.07) is 6.81. The predicted octanol–water partition coefficient (Wildman–Crippen LogP) is 3.65. The largest absolute Gasteiger partial charge is 0.318 e. The Bertz CT molecular complexity index is 688. The summed E-state index contributed by atoms with van der Waals surface area (Å²) in [5.74, 6) is -1.17. The minimum absolute atomic E-state index is 0.0167. The van der Waals surface area contributed by atoms with Crippen LogP contribution in [0.25, 0.3) is 0 Å². The van der Waals surface area contributed by atoms with E-state index in [1.54, 1.807) is 0 Å². The number of nitriles is 1. The molecule has 0 radical (unpaired) electrons. The number of carbonyl (C=O) groups is 1. The minimum Gasteiger partial charge on any atom is -0.318 e. The Morgan fingerprint density at radius 3 is 2.45 bits per heavy atom. The normalized spacial score (nSPS) is 9.90. The van der Waals surface area contributed by atoms with E-state index >= 15 is 0 Å². The average molecular weight is 310 g/mol.